The molecule has 0 bridgehead atoms. The van der Waals surface area contributed by atoms with Crippen molar-refractivity contribution in [2.45, 2.75) is 11.8 Å². The second kappa shape index (κ2) is 6.03. The summed E-state index contributed by atoms with van der Waals surface area (Å²) in [6.45, 7) is 3.79. The molecule has 1 heterocycles. The van der Waals surface area contributed by atoms with E-state index < -0.39 is 0 Å². The molecule has 0 amide bonds. The summed E-state index contributed by atoms with van der Waals surface area (Å²) in [5.41, 5.74) is 2.65. The molecular formula is C12H15Br2NO. The average molecular weight is 349 g/mol. The molecule has 4 heteroatoms. The van der Waals surface area contributed by atoms with Crippen LogP contribution in [0.5, 0.6) is 0 Å². The largest absolute Gasteiger partial charge is 0.380 e. The van der Waals surface area contributed by atoms with Crippen molar-refractivity contribution < 1.29 is 4.74 Å². The van der Waals surface area contributed by atoms with Crippen LogP contribution in [0, 0.1) is 0 Å². The number of alkyl halides is 1. The van der Waals surface area contributed by atoms with Crippen LogP contribution in [-0.4, -0.2) is 26.3 Å². The lowest BCUT2D eigenvalue weighted by Crippen LogP contribution is -2.26. The summed E-state index contributed by atoms with van der Waals surface area (Å²) in [4.78, 5) is 2.41. The molecule has 1 aliphatic rings. The first-order chi connectivity index (χ1) is 7.81. The monoisotopic (exact) mass is 347 g/mol. The topological polar surface area (TPSA) is 12.5 Å². The van der Waals surface area contributed by atoms with Gasteiger partial charge in [0.1, 0.15) is 0 Å². The van der Waals surface area contributed by atoms with Crippen LogP contribution in [0.15, 0.2) is 22.7 Å². The lowest BCUT2D eigenvalue weighted by Gasteiger charge is -2.24. The third-order valence-electron chi connectivity index (χ3n) is 2.75. The SMILES string of the molecule is BrCc1cc(Br)ccc1N1CCCOCC1. The highest BCUT2D eigenvalue weighted by atomic mass is 79.9. The maximum atomic E-state index is 5.48. The predicted molar refractivity (Wildman–Crippen MR) is 74.4 cm³/mol. The second-order valence-corrected chi connectivity index (χ2v) is 5.34. The van der Waals surface area contributed by atoms with Crippen molar-refractivity contribution in [2.75, 3.05) is 31.2 Å². The Balaban J connectivity index is 2.23. The summed E-state index contributed by atoms with van der Waals surface area (Å²) in [6, 6.07) is 6.47. The molecule has 0 spiro atoms. The quantitative estimate of drug-likeness (QED) is 0.757. The number of ether oxygens (including phenoxy) is 1. The standard InChI is InChI=1S/C12H15Br2NO/c13-9-10-8-11(14)2-3-12(10)15-4-1-6-16-7-5-15/h2-3,8H,1,4-7,9H2. The Labute approximate surface area is 113 Å². The minimum Gasteiger partial charge on any atom is -0.380 e. The molecule has 2 nitrogen and oxygen atoms in total. The Kier molecular flexibility index (Phi) is 4.67. The number of nitrogens with zero attached hydrogens (tertiary/aromatic N) is 1. The number of anilines is 1. The third kappa shape index (κ3) is 2.99. The summed E-state index contributed by atoms with van der Waals surface area (Å²) >= 11 is 7.06. The fraction of sp³-hybridized carbons (Fsp3) is 0.500. The van der Waals surface area contributed by atoms with Crippen molar-refractivity contribution in [1.82, 2.24) is 0 Å². The van der Waals surface area contributed by atoms with Gasteiger partial charge < -0.3 is 9.64 Å². The molecule has 0 atom stereocenters. The summed E-state index contributed by atoms with van der Waals surface area (Å²) in [5, 5.41) is 0.888. The number of hydrogen-bond acceptors (Lipinski definition) is 2. The van der Waals surface area contributed by atoms with Crippen LogP contribution in [0.25, 0.3) is 0 Å². The van der Waals surface area contributed by atoms with Gasteiger partial charge in [0.05, 0.1) is 6.61 Å². The lowest BCUT2D eigenvalue weighted by molar-refractivity contribution is 0.152. The van der Waals surface area contributed by atoms with E-state index in [4.69, 9.17) is 4.74 Å². The molecule has 0 unspecified atom stereocenters. The van der Waals surface area contributed by atoms with Crippen LogP contribution in [0.2, 0.25) is 0 Å². The summed E-state index contributed by atoms with van der Waals surface area (Å²) in [7, 11) is 0. The summed E-state index contributed by atoms with van der Waals surface area (Å²) < 4.78 is 6.62. The van der Waals surface area contributed by atoms with Crippen molar-refractivity contribution in [3.63, 3.8) is 0 Å². The maximum absolute atomic E-state index is 5.48. The fourth-order valence-corrected chi connectivity index (χ4v) is 2.81. The minimum atomic E-state index is 0.831. The van der Waals surface area contributed by atoms with Crippen molar-refractivity contribution >= 4 is 37.5 Å². The Morgan fingerprint density at radius 2 is 2.12 bits per heavy atom. The van der Waals surface area contributed by atoms with Gasteiger partial charge in [0.25, 0.3) is 0 Å². The minimum absolute atomic E-state index is 0.831. The van der Waals surface area contributed by atoms with Crippen molar-refractivity contribution in [2.24, 2.45) is 0 Å². The smallest absolute Gasteiger partial charge is 0.0641 e. The molecule has 1 aliphatic heterocycles. The van der Waals surface area contributed by atoms with E-state index in [1.807, 2.05) is 0 Å². The van der Waals surface area contributed by atoms with Gasteiger partial charge in [0.2, 0.25) is 0 Å². The van der Waals surface area contributed by atoms with Crippen LogP contribution in [-0.2, 0) is 10.1 Å². The maximum Gasteiger partial charge on any atom is 0.0641 e. The van der Waals surface area contributed by atoms with E-state index in [-0.39, 0.29) is 0 Å². The van der Waals surface area contributed by atoms with Crippen molar-refractivity contribution in [1.29, 1.82) is 0 Å². The van der Waals surface area contributed by atoms with Gasteiger partial charge >= 0.3 is 0 Å². The van der Waals surface area contributed by atoms with Gasteiger partial charge in [0, 0.05) is 35.2 Å². The van der Waals surface area contributed by atoms with Gasteiger partial charge in [-0.15, -0.1) is 0 Å². The first-order valence-electron chi connectivity index (χ1n) is 5.48. The summed E-state index contributed by atoms with van der Waals surface area (Å²) in [5.74, 6) is 0. The molecule has 1 saturated heterocycles. The van der Waals surface area contributed by atoms with Gasteiger partial charge in [-0.3, -0.25) is 0 Å². The van der Waals surface area contributed by atoms with Gasteiger partial charge in [-0.2, -0.15) is 0 Å². The zero-order valence-corrected chi connectivity index (χ0v) is 12.3. The van der Waals surface area contributed by atoms with Crippen molar-refractivity contribution in [3.05, 3.63) is 28.2 Å². The lowest BCUT2D eigenvalue weighted by atomic mass is 10.2. The molecule has 0 aliphatic carbocycles. The van der Waals surface area contributed by atoms with Crippen LogP contribution in [0.1, 0.15) is 12.0 Å². The van der Waals surface area contributed by atoms with E-state index >= 15 is 0 Å². The highest BCUT2D eigenvalue weighted by molar-refractivity contribution is 9.10. The zero-order chi connectivity index (χ0) is 11.4. The van der Waals surface area contributed by atoms with E-state index in [0.717, 1.165) is 42.5 Å². The first-order valence-corrected chi connectivity index (χ1v) is 7.40. The van der Waals surface area contributed by atoms with Gasteiger partial charge in [0.15, 0.2) is 0 Å². The number of halogens is 2. The second-order valence-electron chi connectivity index (χ2n) is 3.86. The molecule has 0 radical (unpaired) electrons. The molecule has 2 rings (SSSR count). The van der Waals surface area contributed by atoms with E-state index in [1.165, 1.54) is 11.3 Å². The summed E-state index contributed by atoms with van der Waals surface area (Å²) in [6.07, 6.45) is 1.11. The molecule has 1 fully saturated rings. The van der Waals surface area contributed by atoms with Crippen LogP contribution in [0.4, 0.5) is 5.69 Å². The van der Waals surface area contributed by atoms with Crippen molar-refractivity contribution in [3.8, 4) is 0 Å². The third-order valence-corrected chi connectivity index (χ3v) is 3.85. The van der Waals surface area contributed by atoms with Crippen LogP contribution < -0.4 is 4.90 Å². The molecule has 1 aromatic carbocycles. The Bertz CT molecular complexity index is 349. The zero-order valence-electron chi connectivity index (χ0n) is 9.09. The molecule has 16 heavy (non-hydrogen) atoms. The Morgan fingerprint density at radius 1 is 1.25 bits per heavy atom. The molecule has 0 saturated carbocycles. The highest BCUT2D eigenvalue weighted by Crippen LogP contribution is 2.27. The van der Waals surface area contributed by atoms with Gasteiger partial charge in [-0.05, 0) is 30.2 Å². The van der Waals surface area contributed by atoms with Crippen LogP contribution in [0.3, 0.4) is 0 Å². The highest BCUT2D eigenvalue weighted by Gasteiger charge is 2.13. The van der Waals surface area contributed by atoms with Gasteiger partial charge in [-0.25, -0.2) is 0 Å². The predicted octanol–water partition coefficient (Wildman–Crippen LogP) is 3.57. The molecule has 0 N–H and O–H groups in total. The van der Waals surface area contributed by atoms with E-state index in [1.54, 1.807) is 0 Å². The number of benzene rings is 1. The molecule has 1 aromatic rings. The number of rotatable bonds is 2. The Morgan fingerprint density at radius 3 is 2.94 bits per heavy atom. The fourth-order valence-electron chi connectivity index (χ4n) is 1.96. The first kappa shape index (κ1) is 12.4. The average Bonchev–Trinajstić information content (AvgIpc) is 2.57. The molecular weight excluding hydrogens is 334 g/mol. The van der Waals surface area contributed by atoms with Gasteiger partial charge in [-0.1, -0.05) is 31.9 Å². The molecule has 88 valence electrons. The molecule has 0 aromatic heterocycles. The van der Waals surface area contributed by atoms with Crippen LogP contribution >= 0.6 is 31.9 Å². The normalized spacial score (nSPS) is 17.2. The van der Waals surface area contributed by atoms with E-state index in [9.17, 15) is 0 Å². The van der Waals surface area contributed by atoms with E-state index in [2.05, 4.69) is 55.0 Å². The van der Waals surface area contributed by atoms with E-state index in [0.29, 0.717) is 0 Å². The Hall–Kier alpha value is -0.0600. The number of hydrogen-bond donors (Lipinski definition) is 0.